The summed E-state index contributed by atoms with van der Waals surface area (Å²) in [5, 5.41) is 5.74. The summed E-state index contributed by atoms with van der Waals surface area (Å²) in [6, 6.07) is 4.95. The third kappa shape index (κ3) is 4.55. The molecule has 0 aromatic heterocycles. The predicted molar refractivity (Wildman–Crippen MR) is 73.0 cm³/mol. The van der Waals surface area contributed by atoms with E-state index in [4.69, 9.17) is 23.2 Å². The van der Waals surface area contributed by atoms with E-state index in [9.17, 15) is 9.59 Å². The van der Waals surface area contributed by atoms with Crippen molar-refractivity contribution in [2.75, 3.05) is 11.9 Å². The normalized spacial score (nSPS) is 9.94. The molecule has 6 heteroatoms. The zero-order chi connectivity index (χ0) is 13.5. The van der Waals surface area contributed by atoms with E-state index in [0.717, 1.165) is 6.42 Å². The van der Waals surface area contributed by atoms with Gasteiger partial charge in [0.05, 0.1) is 22.3 Å². The van der Waals surface area contributed by atoms with Crippen LogP contribution in [0.2, 0.25) is 10.0 Å². The minimum absolute atomic E-state index is 0.0817. The van der Waals surface area contributed by atoms with Gasteiger partial charge in [-0.3, -0.25) is 9.59 Å². The Labute approximate surface area is 116 Å². The number of anilines is 1. The van der Waals surface area contributed by atoms with Crippen LogP contribution < -0.4 is 10.6 Å². The van der Waals surface area contributed by atoms with Gasteiger partial charge < -0.3 is 10.6 Å². The van der Waals surface area contributed by atoms with Crippen LogP contribution >= 0.6 is 23.2 Å². The van der Waals surface area contributed by atoms with E-state index >= 15 is 0 Å². The van der Waals surface area contributed by atoms with Gasteiger partial charge in [-0.1, -0.05) is 36.2 Å². The summed E-state index contributed by atoms with van der Waals surface area (Å²) in [5.41, 5.74) is 0.430. The van der Waals surface area contributed by atoms with Crippen molar-refractivity contribution < 1.29 is 9.59 Å². The maximum absolute atomic E-state index is 11.6. The van der Waals surface area contributed by atoms with Crippen LogP contribution in [0.5, 0.6) is 0 Å². The van der Waals surface area contributed by atoms with Crippen LogP contribution in [0.3, 0.4) is 0 Å². The van der Waals surface area contributed by atoms with E-state index in [0.29, 0.717) is 17.1 Å². The SMILES string of the molecule is CCCC(=O)NCC(=O)Nc1cccc(Cl)c1Cl. The molecule has 0 fully saturated rings. The molecule has 0 unspecified atom stereocenters. The third-order valence-electron chi connectivity index (χ3n) is 2.15. The van der Waals surface area contributed by atoms with Crippen LogP contribution in [0.4, 0.5) is 5.69 Å². The Kier molecular flexibility index (Phi) is 5.95. The first kappa shape index (κ1) is 14.8. The first-order valence-corrected chi connectivity index (χ1v) is 6.30. The van der Waals surface area contributed by atoms with Gasteiger partial charge in [0.15, 0.2) is 0 Å². The number of carbonyl (C=O) groups excluding carboxylic acids is 2. The van der Waals surface area contributed by atoms with Crippen LogP contribution in [0.15, 0.2) is 18.2 Å². The molecule has 0 aliphatic rings. The quantitative estimate of drug-likeness (QED) is 0.875. The molecule has 0 atom stereocenters. The Balaban J connectivity index is 2.50. The average molecular weight is 289 g/mol. The highest BCUT2D eigenvalue weighted by Crippen LogP contribution is 2.29. The second-order valence-corrected chi connectivity index (χ2v) is 4.46. The highest BCUT2D eigenvalue weighted by atomic mass is 35.5. The molecule has 2 amide bonds. The third-order valence-corrected chi connectivity index (χ3v) is 2.97. The highest BCUT2D eigenvalue weighted by molar-refractivity contribution is 6.44. The smallest absolute Gasteiger partial charge is 0.243 e. The molecular weight excluding hydrogens is 275 g/mol. The second-order valence-electron chi connectivity index (χ2n) is 3.68. The van der Waals surface area contributed by atoms with Crippen LogP contribution in [0.25, 0.3) is 0 Å². The summed E-state index contributed by atoms with van der Waals surface area (Å²) in [6.45, 7) is 1.81. The molecule has 18 heavy (non-hydrogen) atoms. The average Bonchev–Trinajstić information content (AvgIpc) is 2.33. The molecule has 2 N–H and O–H groups in total. The van der Waals surface area contributed by atoms with E-state index < -0.39 is 0 Å². The zero-order valence-corrected chi connectivity index (χ0v) is 11.4. The van der Waals surface area contributed by atoms with Gasteiger partial charge in [-0.2, -0.15) is 0 Å². The Morgan fingerprint density at radius 3 is 2.61 bits per heavy atom. The number of rotatable bonds is 5. The molecule has 1 aromatic rings. The number of benzene rings is 1. The van der Waals surface area contributed by atoms with E-state index in [1.807, 2.05) is 6.92 Å². The minimum atomic E-state index is -0.344. The van der Waals surface area contributed by atoms with E-state index in [2.05, 4.69) is 10.6 Å². The topological polar surface area (TPSA) is 58.2 Å². The van der Waals surface area contributed by atoms with Gasteiger partial charge >= 0.3 is 0 Å². The van der Waals surface area contributed by atoms with Crippen molar-refractivity contribution in [3.8, 4) is 0 Å². The van der Waals surface area contributed by atoms with Crippen LogP contribution in [-0.4, -0.2) is 18.4 Å². The predicted octanol–water partition coefficient (Wildman–Crippen LogP) is 2.85. The minimum Gasteiger partial charge on any atom is -0.347 e. The molecule has 0 radical (unpaired) electrons. The number of amides is 2. The monoisotopic (exact) mass is 288 g/mol. The summed E-state index contributed by atoms with van der Waals surface area (Å²) < 4.78 is 0. The zero-order valence-electron chi connectivity index (χ0n) is 9.93. The molecule has 0 aliphatic carbocycles. The van der Waals surface area contributed by atoms with Gasteiger partial charge in [-0.25, -0.2) is 0 Å². The van der Waals surface area contributed by atoms with Crippen molar-refractivity contribution >= 4 is 40.7 Å². The maximum atomic E-state index is 11.6. The lowest BCUT2D eigenvalue weighted by atomic mass is 10.3. The highest BCUT2D eigenvalue weighted by Gasteiger charge is 2.09. The van der Waals surface area contributed by atoms with Gasteiger partial charge in [-0.05, 0) is 18.6 Å². The van der Waals surface area contributed by atoms with Gasteiger partial charge in [0.25, 0.3) is 0 Å². The summed E-state index contributed by atoms with van der Waals surface area (Å²) in [6.07, 6.45) is 1.15. The second kappa shape index (κ2) is 7.24. The van der Waals surface area contributed by atoms with Crippen LogP contribution in [0, 0.1) is 0 Å². The molecule has 0 bridgehead atoms. The Morgan fingerprint density at radius 1 is 1.22 bits per heavy atom. The van der Waals surface area contributed by atoms with Gasteiger partial charge in [0, 0.05) is 6.42 Å². The van der Waals surface area contributed by atoms with Crippen molar-refractivity contribution in [3.05, 3.63) is 28.2 Å². The van der Waals surface area contributed by atoms with E-state index in [1.54, 1.807) is 18.2 Å². The lowest BCUT2D eigenvalue weighted by Gasteiger charge is -2.08. The molecule has 0 spiro atoms. The lowest BCUT2D eigenvalue weighted by Crippen LogP contribution is -2.32. The number of halogens is 2. The summed E-state index contributed by atoms with van der Waals surface area (Å²) >= 11 is 11.7. The molecule has 0 aliphatic heterocycles. The number of carbonyl (C=O) groups is 2. The fraction of sp³-hybridized carbons (Fsp3) is 0.333. The first-order valence-electron chi connectivity index (χ1n) is 5.55. The number of hydrogen-bond donors (Lipinski definition) is 2. The number of nitrogens with one attached hydrogen (secondary N) is 2. The van der Waals surface area contributed by atoms with Gasteiger partial charge in [-0.15, -0.1) is 0 Å². The summed E-state index contributed by atoms with van der Waals surface area (Å²) in [7, 11) is 0. The number of hydrogen-bond acceptors (Lipinski definition) is 2. The molecule has 1 rings (SSSR count). The fourth-order valence-electron chi connectivity index (χ4n) is 1.29. The van der Waals surface area contributed by atoms with Crippen molar-refractivity contribution in [1.82, 2.24) is 5.32 Å². The summed E-state index contributed by atoms with van der Waals surface area (Å²) in [4.78, 5) is 22.7. The molecule has 0 saturated heterocycles. The van der Waals surface area contributed by atoms with Gasteiger partial charge in [0.2, 0.25) is 11.8 Å². The molecule has 98 valence electrons. The molecule has 4 nitrogen and oxygen atoms in total. The lowest BCUT2D eigenvalue weighted by molar-refractivity contribution is -0.124. The molecular formula is C12H14Cl2N2O2. The van der Waals surface area contributed by atoms with E-state index in [-0.39, 0.29) is 23.4 Å². The van der Waals surface area contributed by atoms with Gasteiger partial charge in [0.1, 0.15) is 0 Å². The van der Waals surface area contributed by atoms with E-state index in [1.165, 1.54) is 0 Å². The Bertz CT molecular complexity index is 450. The van der Waals surface area contributed by atoms with Crippen molar-refractivity contribution in [1.29, 1.82) is 0 Å². The Morgan fingerprint density at radius 2 is 1.94 bits per heavy atom. The summed E-state index contributed by atoms with van der Waals surface area (Å²) in [5.74, 6) is -0.492. The standard InChI is InChI=1S/C12H14Cl2N2O2/c1-2-4-10(17)15-7-11(18)16-9-6-3-5-8(13)12(9)14/h3,5-6H,2,4,7H2,1H3,(H,15,17)(H,16,18). The van der Waals surface area contributed by atoms with Crippen LogP contribution in [0.1, 0.15) is 19.8 Å². The maximum Gasteiger partial charge on any atom is 0.243 e. The molecule has 1 aromatic carbocycles. The van der Waals surface area contributed by atoms with Crippen LogP contribution in [-0.2, 0) is 9.59 Å². The largest absolute Gasteiger partial charge is 0.347 e. The Hall–Kier alpha value is -1.26. The molecule has 0 heterocycles. The first-order chi connectivity index (χ1) is 8.54. The van der Waals surface area contributed by atoms with Crippen molar-refractivity contribution in [3.63, 3.8) is 0 Å². The van der Waals surface area contributed by atoms with Crippen molar-refractivity contribution in [2.24, 2.45) is 0 Å². The fourth-order valence-corrected chi connectivity index (χ4v) is 1.64. The van der Waals surface area contributed by atoms with Crippen molar-refractivity contribution in [2.45, 2.75) is 19.8 Å². The molecule has 0 saturated carbocycles.